The highest BCUT2D eigenvalue weighted by Gasteiger charge is 2.37. The molecule has 0 N–H and O–H groups in total. The fourth-order valence-electron chi connectivity index (χ4n) is 4.09. The molecule has 0 aliphatic rings. The van der Waals surface area contributed by atoms with Crippen LogP contribution >= 0.6 is 11.6 Å². The Morgan fingerprint density at radius 2 is 1.49 bits per heavy atom. The molecular formula is C26H20ClF6N5O. The Balaban J connectivity index is 1.84. The summed E-state index contributed by atoms with van der Waals surface area (Å²) in [5, 5.41) is 16.5. The molecule has 0 aliphatic heterocycles. The highest BCUT2D eigenvalue weighted by molar-refractivity contribution is 6.35. The van der Waals surface area contributed by atoms with Gasteiger partial charge in [0.25, 0.3) is 0 Å². The molecule has 0 radical (unpaired) electrons. The molecule has 2 heterocycles. The number of hydrogen-bond acceptors (Lipinski definition) is 5. The summed E-state index contributed by atoms with van der Waals surface area (Å²) in [6.45, 7) is 4.67. The molecule has 13 heteroatoms. The van der Waals surface area contributed by atoms with Gasteiger partial charge in [0.2, 0.25) is 0 Å². The second-order valence-corrected chi connectivity index (χ2v) is 9.51. The first-order valence-electron chi connectivity index (χ1n) is 11.5. The van der Waals surface area contributed by atoms with Crippen molar-refractivity contribution in [2.45, 2.75) is 45.6 Å². The molecule has 0 spiro atoms. The zero-order chi connectivity index (χ0) is 28.7. The Bertz CT molecular complexity index is 1510. The molecule has 0 saturated heterocycles. The van der Waals surface area contributed by atoms with Crippen LogP contribution in [0.15, 0.2) is 48.5 Å². The standard InChI is InChI=1S/C26H20ClF6N5O/c1-13(2)23-22(21-19(8-14(3)34-35-21)24(39)18-6-4-5-7-20(18)27)36-37-38(23)12-15-9-16(25(28,29)30)11-17(10-15)26(31,32)33/h4-11,13H,12H2,1-3H3. The zero-order valence-corrected chi connectivity index (χ0v) is 21.4. The van der Waals surface area contributed by atoms with Crippen LogP contribution in [0.25, 0.3) is 11.4 Å². The minimum absolute atomic E-state index is 0.0560. The van der Waals surface area contributed by atoms with Gasteiger partial charge in [-0.1, -0.05) is 42.8 Å². The lowest BCUT2D eigenvalue weighted by molar-refractivity contribution is -0.143. The summed E-state index contributed by atoms with van der Waals surface area (Å²) >= 11 is 6.22. The number of hydrogen-bond donors (Lipinski definition) is 0. The number of benzene rings is 2. The van der Waals surface area contributed by atoms with Gasteiger partial charge < -0.3 is 0 Å². The van der Waals surface area contributed by atoms with Crippen molar-refractivity contribution in [1.29, 1.82) is 0 Å². The van der Waals surface area contributed by atoms with Crippen molar-refractivity contribution in [3.8, 4) is 11.4 Å². The second kappa shape index (κ2) is 10.4. The number of rotatable bonds is 6. The van der Waals surface area contributed by atoms with Gasteiger partial charge in [-0.25, -0.2) is 4.68 Å². The van der Waals surface area contributed by atoms with E-state index in [1.54, 1.807) is 39.0 Å². The molecule has 2 aromatic heterocycles. The smallest absolute Gasteiger partial charge is 0.288 e. The van der Waals surface area contributed by atoms with Crippen LogP contribution in [0.5, 0.6) is 0 Å². The first-order valence-corrected chi connectivity index (χ1v) is 11.9. The van der Waals surface area contributed by atoms with Gasteiger partial charge in [0.05, 0.1) is 39.6 Å². The molecule has 6 nitrogen and oxygen atoms in total. The summed E-state index contributed by atoms with van der Waals surface area (Å²) < 4.78 is 81.4. The Hall–Kier alpha value is -3.80. The quantitative estimate of drug-likeness (QED) is 0.183. The van der Waals surface area contributed by atoms with E-state index in [1.165, 1.54) is 16.8 Å². The molecule has 0 atom stereocenters. The van der Waals surface area contributed by atoms with Crippen LogP contribution in [0.1, 0.15) is 63.8 Å². The number of aromatic nitrogens is 5. The minimum Gasteiger partial charge on any atom is -0.288 e. The molecule has 4 rings (SSSR count). The lowest BCUT2D eigenvalue weighted by atomic mass is 9.97. The first kappa shape index (κ1) is 28.2. The van der Waals surface area contributed by atoms with Gasteiger partial charge in [0.1, 0.15) is 11.4 Å². The topological polar surface area (TPSA) is 73.6 Å². The summed E-state index contributed by atoms with van der Waals surface area (Å²) in [7, 11) is 0. The summed E-state index contributed by atoms with van der Waals surface area (Å²) in [5.74, 6) is -0.834. The lowest BCUT2D eigenvalue weighted by Gasteiger charge is -2.16. The molecular weight excluding hydrogens is 548 g/mol. The monoisotopic (exact) mass is 567 g/mol. The highest BCUT2D eigenvalue weighted by atomic mass is 35.5. The van der Waals surface area contributed by atoms with Gasteiger partial charge in [0, 0.05) is 5.56 Å². The summed E-state index contributed by atoms with van der Waals surface area (Å²) in [6, 6.07) is 9.23. The van der Waals surface area contributed by atoms with Crippen molar-refractivity contribution in [3.63, 3.8) is 0 Å². The van der Waals surface area contributed by atoms with Crippen LogP contribution in [0.2, 0.25) is 5.02 Å². The number of aryl methyl sites for hydroxylation is 1. The number of halogens is 7. The SMILES string of the molecule is Cc1cc(C(=O)c2ccccc2Cl)c(-c2nnn(Cc3cc(C(F)(F)F)cc(C(F)(F)F)c3)c2C(C)C)nn1. The van der Waals surface area contributed by atoms with Crippen molar-refractivity contribution in [1.82, 2.24) is 25.2 Å². The van der Waals surface area contributed by atoms with Gasteiger partial charge in [-0.05, 0) is 54.8 Å². The Morgan fingerprint density at radius 1 is 0.872 bits per heavy atom. The third-order valence-corrected chi connectivity index (χ3v) is 6.13. The van der Waals surface area contributed by atoms with Gasteiger partial charge in [-0.2, -0.15) is 31.4 Å². The van der Waals surface area contributed by atoms with Crippen molar-refractivity contribution in [2.24, 2.45) is 0 Å². The van der Waals surface area contributed by atoms with E-state index in [2.05, 4.69) is 20.5 Å². The average molecular weight is 568 g/mol. The van der Waals surface area contributed by atoms with E-state index in [0.717, 1.165) is 0 Å². The fraction of sp³-hybridized carbons (Fsp3) is 0.269. The Labute approximate surface area is 223 Å². The molecule has 0 bridgehead atoms. The normalized spacial score (nSPS) is 12.3. The van der Waals surface area contributed by atoms with E-state index in [1.807, 2.05) is 0 Å². The molecule has 0 fully saturated rings. The molecule has 0 unspecified atom stereocenters. The van der Waals surface area contributed by atoms with Crippen molar-refractivity contribution < 1.29 is 31.1 Å². The summed E-state index contributed by atoms with van der Waals surface area (Å²) in [4.78, 5) is 13.4. The maximum absolute atomic E-state index is 13.4. The largest absolute Gasteiger partial charge is 0.416 e. The van der Waals surface area contributed by atoms with Crippen LogP contribution < -0.4 is 0 Å². The van der Waals surface area contributed by atoms with E-state index >= 15 is 0 Å². The predicted octanol–water partition coefficient (Wildman–Crippen LogP) is 7.14. The third-order valence-electron chi connectivity index (χ3n) is 5.80. The summed E-state index contributed by atoms with van der Waals surface area (Å²) in [6.07, 6.45) is -9.98. The van der Waals surface area contributed by atoms with E-state index in [-0.39, 0.29) is 45.1 Å². The molecule has 2 aromatic carbocycles. The minimum atomic E-state index is -4.99. The Morgan fingerprint density at radius 3 is 2.05 bits per heavy atom. The number of nitrogens with zero attached hydrogens (tertiary/aromatic N) is 5. The second-order valence-electron chi connectivity index (χ2n) is 9.11. The van der Waals surface area contributed by atoms with Crippen molar-refractivity contribution in [2.75, 3.05) is 0 Å². The number of carbonyl (C=O) groups excluding carboxylic acids is 1. The van der Waals surface area contributed by atoms with Crippen LogP contribution in [0.4, 0.5) is 26.3 Å². The van der Waals surface area contributed by atoms with Crippen molar-refractivity contribution >= 4 is 17.4 Å². The van der Waals surface area contributed by atoms with Crippen LogP contribution in [-0.2, 0) is 18.9 Å². The highest BCUT2D eigenvalue weighted by Crippen LogP contribution is 2.37. The van der Waals surface area contributed by atoms with Gasteiger partial charge in [-0.15, -0.1) is 10.2 Å². The van der Waals surface area contributed by atoms with E-state index in [0.29, 0.717) is 23.5 Å². The number of carbonyl (C=O) groups is 1. The third kappa shape index (κ3) is 5.95. The molecule has 204 valence electrons. The molecule has 4 aromatic rings. The van der Waals surface area contributed by atoms with Gasteiger partial charge in [0.15, 0.2) is 5.78 Å². The maximum Gasteiger partial charge on any atom is 0.416 e. The molecule has 0 amide bonds. The van der Waals surface area contributed by atoms with Crippen LogP contribution in [-0.4, -0.2) is 31.0 Å². The van der Waals surface area contributed by atoms with Gasteiger partial charge in [-0.3, -0.25) is 4.79 Å². The lowest BCUT2D eigenvalue weighted by Crippen LogP contribution is -2.14. The van der Waals surface area contributed by atoms with Crippen LogP contribution in [0, 0.1) is 6.92 Å². The molecule has 0 aliphatic carbocycles. The van der Waals surface area contributed by atoms with E-state index < -0.39 is 35.8 Å². The average Bonchev–Trinajstić information content (AvgIpc) is 3.26. The number of alkyl halides is 6. The Kier molecular flexibility index (Phi) is 7.53. The predicted molar refractivity (Wildman–Crippen MR) is 130 cm³/mol. The molecule has 0 saturated carbocycles. The van der Waals surface area contributed by atoms with Crippen LogP contribution in [0.3, 0.4) is 0 Å². The summed E-state index contributed by atoms with van der Waals surface area (Å²) in [5.41, 5.74) is -1.89. The number of ketones is 1. The van der Waals surface area contributed by atoms with E-state index in [9.17, 15) is 31.1 Å². The first-order chi connectivity index (χ1) is 18.2. The van der Waals surface area contributed by atoms with Crippen molar-refractivity contribution in [3.05, 3.63) is 92.8 Å². The maximum atomic E-state index is 13.4. The fourth-order valence-corrected chi connectivity index (χ4v) is 4.31. The molecule has 39 heavy (non-hydrogen) atoms. The van der Waals surface area contributed by atoms with E-state index in [4.69, 9.17) is 11.6 Å². The zero-order valence-electron chi connectivity index (χ0n) is 20.7. The van der Waals surface area contributed by atoms with Gasteiger partial charge >= 0.3 is 12.4 Å².